The highest BCUT2D eigenvalue weighted by Crippen LogP contribution is 2.24. The first-order chi connectivity index (χ1) is 8.70. The Balaban J connectivity index is 2.03. The molecule has 1 aromatic rings. The van der Waals surface area contributed by atoms with Crippen molar-refractivity contribution in [3.05, 3.63) is 22.9 Å². The van der Waals surface area contributed by atoms with Crippen LogP contribution >= 0.6 is 0 Å². The molecule has 1 aliphatic rings. The number of amides is 1. The van der Waals surface area contributed by atoms with Gasteiger partial charge in [0.2, 0.25) is 5.91 Å². The first-order valence-corrected chi connectivity index (χ1v) is 6.12. The topological polar surface area (TPSA) is 77.8 Å². The second-order valence-electron chi connectivity index (χ2n) is 4.37. The number of hydrogen-bond acceptors (Lipinski definition) is 4. The van der Waals surface area contributed by atoms with Crippen LogP contribution in [0.25, 0.3) is 0 Å². The molecule has 0 aromatic carbocycles. The smallest absolute Gasteiger partial charge is 0.216 e. The van der Waals surface area contributed by atoms with Crippen LogP contribution in [0.4, 0.5) is 5.82 Å². The van der Waals surface area contributed by atoms with Gasteiger partial charge in [0.1, 0.15) is 11.9 Å². The number of anilines is 1. The van der Waals surface area contributed by atoms with Gasteiger partial charge in [-0.05, 0) is 30.9 Å². The van der Waals surface area contributed by atoms with E-state index in [0.29, 0.717) is 24.5 Å². The minimum atomic E-state index is -0.0563. The van der Waals surface area contributed by atoms with E-state index < -0.39 is 0 Å². The van der Waals surface area contributed by atoms with Crippen LogP contribution in [-0.2, 0) is 17.6 Å². The fourth-order valence-corrected chi connectivity index (χ4v) is 2.11. The summed E-state index contributed by atoms with van der Waals surface area (Å²) in [5, 5.41) is 14.9. The zero-order valence-electron chi connectivity index (χ0n) is 10.4. The third kappa shape index (κ3) is 2.77. The standard InChI is InChI=1S/C13H16N4O/c1-9(18)15-5-6-16-13-11(8-14)7-10-3-2-4-12(10)17-13/h7H,2-6H2,1H3,(H,15,18)(H,16,17). The molecule has 0 atom stereocenters. The lowest BCUT2D eigenvalue weighted by molar-refractivity contribution is -0.118. The molecule has 5 nitrogen and oxygen atoms in total. The lowest BCUT2D eigenvalue weighted by Crippen LogP contribution is -2.26. The van der Waals surface area contributed by atoms with Gasteiger partial charge >= 0.3 is 0 Å². The molecule has 0 spiro atoms. The zero-order valence-corrected chi connectivity index (χ0v) is 10.4. The molecule has 1 amide bonds. The van der Waals surface area contributed by atoms with Crippen molar-refractivity contribution in [2.75, 3.05) is 18.4 Å². The number of rotatable bonds is 4. The lowest BCUT2D eigenvalue weighted by Gasteiger charge is -2.09. The summed E-state index contributed by atoms with van der Waals surface area (Å²) in [5.74, 6) is 0.572. The highest BCUT2D eigenvalue weighted by atomic mass is 16.1. The maximum absolute atomic E-state index is 10.7. The molecule has 1 heterocycles. The van der Waals surface area contributed by atoms with Gasteiger partial charge in [-0.25, -0.2) is 4.98 Å². The van der Waals surface area contributed by atoms with Gasteiger partial charge in [-0.2, -0.15) is 5.26 Å². The van der Waals surface area contributed by atoms with Crippen molar-refractivity contribution in [3.8, 4) is 6.07 Å². The molecule has 2 rings (SSSR count). The van der Waals surface area contributed by atoms with Crippen molar-refractivity contribution in [3.63, 3.8) is 0 Å². The Kier molecular flexibility index (Phi) is 3.78. The number of pyridine rings is 1. The van der Waals surface area contributed by atoms with Gasteiger partial charge < -0.3 is 10.6 Å². The van der Waals surface area contributed by atoms with Crippen LogP contribution in [0.5, 0.6) is 0 Å². The van der Waals surface area contributed by atoms with Crippen molar-refractivity contribution >= 4 is 11.7 Å². The zero-order chi connectivity index (χ0) is 13.0. The van der Waals surface area contributed by atoms with Gasteiger partial charge in [0, 0.05) is 25.7 Å². The molecule has 0 radical (unpaired) electrons. The van der Waals surface area contributed by atoms with Gasteiger partial charge in [0.15, 0.2) is 0 Å². The van der Waals surface area contributed by atoms with Gasteiger partial charge in [-0.3, -0.25) is 4.79 Å². The van der Waals surface area contributed by atoms with Gasteiger partial charge in [0.25, 0.3) is 0 Å². The molecule has 0 saturated heterocycles. The molecule has 0 fully saturated rings. The molecule has 0 aliphatic heterocycles. The van der Waals surface area contributed by atoms with E-state index in [4.69, 9.17) is 5.26 Å². The van der Waals surface area contributed by atoms with Crippen LogP contribution in [0.2, 0.25) is 0 Å². The van der Waals surface area contributed by atoms with E-state index in [1.807, 2.05) is 6.07 Å². The van der Waals surface area contributed by atoms with E-state index in [1.165, 1.54) is 12.5 Å². The molecule has 2 N–H and O–H groups in total. The number of aryl methyl sites for hydroxylation is 2. The SMILES string of the molecule is CC(=O)NCCNc1nc2c(cc1C#N)CCC2. The van der Waals surface area contributed by atoms with E-state index in [2.05, 4.69) is 21.7 Å². The van der Waals surface area contributed by atoms with Crippen LogP contribution in [0.1, 0.15) is 30.2 Å². The summed E-state index contributed by atoms with van der Waals surface area (Å²) < 4.78 is 0. The maximum Gasteiger partial charge on any atom is 0.216 e. The normalized spacial score (nSPS) is 12.7. The van der Waals surface area contributed by atoms with Gasteiger partial charge in [-0.1, -0.05) is 0 Å². The summed E-state index contributed by atoms with van der Waals surface area (Å²) >= 11 is 0. The molecule has 1 aliphatic carbocycles. The molecule has 18 heavy (non-hydrogen) atoms. The average molecular weight is 244 g/mol. The number of nitriles is 1. The summed E-state index contributed by atoms with van der Waals surface area (Å²) in [6.07, 6.45) is 3.12. The Labute approximate surface area is 106 Å². The fourth-order valence-electron chi connectivity index (χ4n) is 2.11. The molecular weight excluding hydrogens is 228 g/mol. The number of aromatic nitrogens is 1. The van der Waals surface area contributed by atoms with Crippen molar-refractivity contribution in [2.24, 2.45) is 0 Å². The van der Waals surface area contributed by atoms with E-state index >= 15 is 0 Å². The summed E-state index contributed by atoms with van der Waals surface area (Å²) in [7, 11) is 0. The van der Waals surface area contributed by atoms with Crippen molar-refractivity contribution in [2.45, 2.75) is 26.2 Å². The molecule has 5 heteroatoms. The predicted molar refractivity (Wildman–Crippen MR) is 68.2 cm³/mol. The molecule has 0 bridgehead atoms. The number of hydrogen-bond donors (Lipinski definition) is 2. The first-order valence-electron chi connectivity index (χ1n) is 6.12. The van der Waals surface area contributed by atoms with Crippen molar-refractivity contribution < 1.29 is 4.79 Å². The number of nitrogens with zero attached hydrogens (tertiary/aromatic N) is 2. The van der Waals surface area contributed by atoms with Crippen LogP contribution in [0, 0.1) is 11.3 Å². The van der Waals surface area contributed by atoms with Crippen LogP contribution in [-0.4, -0.2) is 24.0 Å². The summed E-state index contributed by atoms with van der Waals surface area (Å²) in [4.78, 5) is 15.2. The quantitative estimate of drug-likeness (QED) is 0.774. The summed E-state index contributed by atoms with van der Waals surface area (Å²) in [5.41, 5.74) is 2.87. The van der Waals surface area contributed by atoms with Gasteiger partial charge in [-0.15, -0.1) is 0 Å². The molecule has 94 valence electrons. The predicted octanol–water partition coefficient (Wildman–Crippen LogP) is 0.990. The molecule has 0 saturated carbocycles. The fraction of sp³-hybridized carbons (Fsp3) is 0.462. The van der Waals surface area contributed by atoms with Crippen molar-refractivity contribution in [1.29, 1.82) is 5.26 Å². The Morgan fingerprint density at radius 3 is 3.06 bits per heavy atom. The number of carbonyl (C=O) groups is 1. The monoisotopic (exact) mass is 244 g/mol. The minimum Gasteiger partial charge on any atom is -0.367 e. The Hall–Kier alpha value is -2.09. The minimum absolute atomic E-state index is 0.0563. The van der Waals surface area contributed by atoms with Crippen LogP contribution in [0.3, 0.4) is 0 Å². The Morgan fingerprint density at radius 1 is 1.50 bits per heavy atom. The number of carbonyl (C=O) groups excluding carboxylic acids is 1. The maximum atomic E-state index is 10.7. The van der Waals surface area contributed by atoms with Crippen molar-refractivity contribution in [1.82, 2.24) is 10.3 Å². The Bertz CT molecular complexity index is 504. The molecular formula is C13H16N4O. The third-order valence-electron chi connectivity index (χ3n) is 2.96. The average Bonchev–Trinajstić information content (AvgIpc) is 2.80. The van der Waals surface area contributed by atoms with E-state index in [-0.39, 0.29) is 5.91 Å². The summed E-state index contributed by atoms with van der Waals surface area (Å²) in [6.45, 7) is 2.58. The largest absolute Gasteiger partial charge is 0.367 e. The second kappa shape index (κ2) is 5.50. The highest BCUT2D eigenvalue weighted by Gasteiger charge is 2.15. The number of nitrogens with one attached hydrogen (secondary N) is 2. The van der Waals surface area contributed by atoms with E-state index in [1.54, 1.807) is 0 Å². The Morgan fingerprint density at radius 2 is 2.33 bits per heavy atom. The molecule has 0 unspecified atom stereocenters. The van der Waals surface area contributed by atoms with Gasteiger partial charge in [0.05, 0.1) is 5.56 Å². The molecule has 1 aromatic heterocycles. The third-order valence-corrected chi connectivity index (χ3v) is 2.96. The van der Waals surface area contributed by atoms with E-state index in [9.17, 15) is 4.79 Å². The first kappa shape index (κ1) is 12.4. The lowest BCUT2D eigenvalue weighted by atomic mass is 10.1. The second-order valence-corrected chi connectivity index (χ2v) is 4.37. The van der Waals surface area contributed by atoms with E-state index in [0.717, 1.165) is 25.0 Å². The number of fused-ring (bicyclic) bond motifs is 1. The van der Waals surface area contributed by atoms with Crippen LogP contribution in [0.15, 0.2) is 6.07 Å². The highest BCUT2D eigenvalue weighted by molar-refractivity contribution is 5.72. The van der Waals surface area contributed by atoms with Crippen LogP contribution < -0.4 is 10.6 Å². The summed E-state index contributed by atoms with van der Waals surface area (Å²) in [6, 6.07) is 4.09.